The number of nitrogens with one attached hydrogen (secondary N) is 1. The smallest absolute Gasteiger partial charge is 0.0125 e. The Morgan fingerprint density at radius 2 is 1.79 bits per heavy atom. The summed E-state index contributed by atoms with van der Waals surface area (Å²) in [5, 5.41) is 3.52. The third-order valence-corrected chi connectivity index (χ3v) is 5.46. The standard InChI is InChI=1S/C17H34N2/c1-17(2,3)16(18-4)11-13-19-12-7-10-15(19)14-8-5-6-9-14/h14-16,18H,5-13H2,1-4H3. The quantitative estimate of drug-likeness (QED) is 0.817. The lowest BCUT2D eigenvalue weighted by Crippen LogP contribution is -2.43. The van der Waals surface area contributed by atoms with E-state index in [1.165, 1.54) is 58.0 Å². The summed E-state index contributed by atoms with van der Waals surface area (Å²) < 4.78 is 0. The molecule has 2 nitrogen and oxygen atoms in total. The average Bonchev–Trinajstić information content (AvgIpc) is 2.97. The Hall–Kier alpha value is -0.0800. The highest BCUT2D eigenvalue weighted by molar-refractivity contribution is 4.89. The van der Waals surface area contributed by atoms with Crippen molar-refractivity contribution in [2.24, 2.45) is 11.3 Å². The van der Waals surface area contributed by atoms with Gasteiger partial charge in [0.05, 0.1) is 0 Å². The Kier molecular flexibility index (Phi) is 5.30. The summed E-state index contributed by atoms with van der Waals surface area (Å²) >= 11 is 0. The fourth-order valence-electron chi connectivity index (χ4n) is 4.31. The van der Waals surface area contributed by atoms with Crippen molar-refractivity contribution < 1.29 is 0 Å². The molecule has 2 rings (SSSR count). The van der Waals surface area contributed by atoms with E-state index in [9.17, 15) is 0 Å². The molecule has 0 bridgehead atoms. The maximum absolute atomic E-state index is 3.52. The molecule has 2 aliphatic rings. The Balaban J connectivity index is 1.84. The predicted molar refractivity (Wildman–Crippen MR) is 83.5 cm³/mol. The van der Waals surface area contributed by atoms with Crippen LogP contribution in [0.5, 0.6) is 0 Å². The van der Waals surface area contributed by atoms with Crippen molar-refractivity contribution in [2.75, 3.05) is 20.1 Å². The molecule has 1 heterocycles. The van der Waals surface area contributed by atoms with Gasteiger partial charge >= 0.3 is 0 Å². The van der Waals surface area contributed by atoms with Gasteiger partial charge in [0.1, 0.15) is 0 Å². The molecular formula is C17H34N2. The number of rotatable bonds is 5. The van der Waals surface area contributed by atoms with Gasteiger partial charge in [-0.2, -0.15) is 0 Å². The molecule has 19 heavy (non-hydrogen) atoms. The lowest BCUT2D eigenvalue weighted by molar-refractivity contribution is 0.164. The van der Waals surface area contributed by atoms with Gasteiger partial charge in [-0.15, -0.1) is 0 Å². The monoisotopic (exact) mass is 266 g/mol. The molecule has 1 saturated carbocycles. The minimum absolute atomic E-state index is 0.372. The van der Waals surface area contributed by atoms with E-state index >= 15 is 0 Å². The molecule has 0 aromatic carbocycles. The fraction of sp³-hybridized carbons (Fsp3) is 1.00. The van der Waals surface area contributed by atoms with E-state index in [2.05, 4.69) is 38.0 Å². The highest BCUT2D eigenvalue weighted by Crippen LogP contribution is 2.35. The third kappa shape index (κ3) is 3.95. The zero-order valence-electron chi connectivity index (χ0n) is 13.5. The fourth-order valence-corrected chi connectivity index (χ4v) is 4.31. The van der Waals surface area contributed by atoms with Gasteiger partial charge in [-0.25, -0.2) is 0 Å². The second-order valence-electron chi connectivity index (χ2n) is 7.79. The molecule has 1 saturated heterocycles. The predicted octanol–water partition coefficient (Wildman–Crippen LogP) is 3.67. The molecule has 0 aromatic rings. The van der Waals surface area contributed by atoms with Gasteiger partial charge in [0.2, 0.25) is 0 Å². The van der Waals surface area contributed by atoms with Crippen LogP contribution in [0.4, 0.5) is 0 Å². The van der Waals surface area contributed by atoms with E-state index in [0.717, 1.165) is 12.0 Å². The average molecular weight is 266 g/mol. The zero-order valence-corrected chi connectivity index (χ0v) is 13.5. The second kappa shape index (κ2) is 6.58. The van der Waals surface area contributed by atoms with Gasteiger partial charge in [0.15, 0.2) is 0 Å². The molecule has 112 valence electrons. The van der Waals surface area contributed by atoms with Crippen LogP contribution in [0.2, 0.25) is 0 Å². The maximum atomic E-state index is 3.52. The number of nitrogens with zero attached hydrogens (tertiary/aromatic N) is 1. The maximum Gasteiger partial charge on any atom is 0.0125 e. The topological polar surface area (TPSA) is 15.3 Å². The second-order valence-corrected chi connectivity index (χ2v) is 7.79. The molecule has 0 spiro atoms. The van der Waals surface area contributed by atoms with E-state index in [4.69, 9.17) is 0 Å². The van der Waals surface area contributed by atoms with Gasteiger partial charge in [0.25, 0.3) is 0 Å². The summed E-state index contributed by atoms with van der Waals surface area (Å²) in [7, 11) is 2.12. The van der Waals surface area contributed by atoms with Crippen LogP contribution in [-0.2, 0) is 0 Å². The lowest BCUT2D eigenvalue weighted by atomic mass is 9.84. The summed E-state index contributed by atoms with van der Waals surface area (Å²) in [5.41, 5.74) is 0.372. The van der Waals surface area contributed by atoms with Crippen molar-refractivity contribution in [3.05, 3.63) is 0 Å². The molecule has 2 fully saturated rings. The first kappa shape index (κ1) is 15.3. The molecule has 1 aliphatic carbocycles. The molecule has 0 radical (unpaired) electrons. The Morgan fingerprint density at radius 3 is 2.37 bits per heavy atom. The Labute approximate surface area is 120 Å². The Bertz CT molecular complexity index is 263. The van der Waals surface area contributed by atoms with Gasteiger partial charge in [0, 0.05) is 12.1 Å². The SMILES string of the molecule is CNC(CCN1CCCC1C1CCCC1)C(C)(C)C. The molecule has 1 aliphatic heterocycles. The molecule has 2 atom stereocenters. The van der Waals surface area contributed by atoms with Crippen LogP contribution in [0, 0.1) is 11.3 Å². The van der Waals surface area contributed by atoms with Crippen molar-refractivity contribution >= 4 is 0 Å². The van der Waals surface area contributed by atoms with E-state index < -0.39 is 0 Å². The number of likely N-dealkylation sites (tertiary alicyclic amines) is 1. The summed E-state index contributed by atoms with van der Waals surface area (Å²) in [6, 6.07) is 1.55. The highest BCUT2D eigenvalue weighted by Gasteiger charge is 2.33. The van der Waals surface area contributed by atoms with E-state index in [-0.39, 0.29) is 0 Å². The van der Waals surface area contributed by atoms with Gasteiger partial charge < -0.3 is 10.2 Å². The largest absolute Gasteiger partial charge is 0.316 e. The van der Waals surface area contributed by atoms with Crippen molar-refractivity contribution in [3.63, 3.8) is 0 Å². The highest BCUT2D eigenvalue weighted by atomic mass is 15.2. The van der Waals surface area contributed by atoms with Crippen molar-refractivity contribution in [3.8, 4) is 0 Å². The minimum atomic E-state index is 0.372. The van der Waals surface area contributed by atoms with Crippen molar-refractivity contribution in [1.29, 1.82) is 0 Å². The molecule has 2 heteroatoms. The van der Waals surface area contributed by atoms with Crippen molar-refractivity contribution in [2.45, 2.75) is 77.8 Å². The number of hydrogen-bond donors (Lipinski definition) is 1. The van der Waals surface area contributed by atoms with Crippen LogP contribution in [0.15, 0.2) is 0 Å². The van der Waals surface area contributed by atoms with Crippen LogP contribution in [0.3, 0.4) is 0 Å². The molecule has 1 N–H and O–H groups in total. The van der Waals surface area contributed by atoms with Gasteiger partial charge in [-0.1, -0.05) is 33.6 Å². The first-order chi connectivity index (χ1) is 9.02. The lowest BCUT2D eigenvalue weighted by Gasteiger charge is -2.34. The van der Waals surface area contributed by atoms with Crippen LogP contribution < -0.4 is 5.32 Å². The van der Waals surface area contributed by atoms with Gasteiger partial charge in [-0.05, 0) is 63.6 Å². The van der Waals surface area contributed by atoms with E-state index in [1.807, 2.05) is 0 Å². The first-order valence-electron chi connectivity index (χ1n) is 8.43. The summed E-state index contributed by atoms with van der Waals surface area (Å²) in [6.45, 7) is 9.71. The van der Waals surface area contributed by atoms with Crippen LogP contribution in [-0.4, -0.2) is 37.1 Å². The first-order valence-corrected chi connectivity index (χ1v) is 8.43. The third-order valence-electron chi connectivity index (χ3n) is 5.46. The van der Waals surface area contributed by atoms with E-state index in [0.29, 0.717) is 11.5 Å². The summed E-state index contributed by atoms with van der Waals surface area (Å²) in [6.07, 6.45) is 10.1. The van der Waals surface area contributed by atoms with E-state index in [1.54, 1.807) is 0 Å². The summed E-state index contributed by atoms with van der Waals surface area (Å²) in [5.74, 6) is 1.02. The molecule has 0 amide bonds. The van der Waals surface area contributed by atoms with Crippen LogP contribution in [0.25, 0.3) is 0 Å². The van der Waals surface area contributed by atoms with Crippen LogP contribution in [0.1, 0.15) is 65.7 Å². The van der Waals surface area contributed by atoms with Crippen LogP contribution >= 0.6 is 0 Å². The summed E-state index contributed by atoms with van der Waals surface area (Å²) in [4.78, 5) is 2.81. The number of hydrogen-bond acceptors (Lipinski definition) is 2. The molecule has 0 aromatic heterocycles. The van der Waals surface area contributed by atoms with Crippen molar-refractivity contribution in [1.82, 2.24) is 10.2 Å². The zero-order chi connectivity index (χ0) is 13.9. The normalized spacial score (nSPS) is 28.1. The minimum Gasteiger partial charge on any atom is -0.316 e. The molecular weight excluding hydrogens is 232 g/mol. The van der Waals surface area contributed by atoms with Gasteiger partial charge in [-0.3, -0.25) is 0 Å². The Morgan fingerprint density at radius 1 is 1.11 bits per heavy atom. The molecule has 2 unspecified atom stereocenters.